The van der Waals surface area contributed by atoms with Crippen LogP contribution in [0.1, 0.15) is 34.5 Å². The fourth-order valence-corrected chi connectivity index (χ4v) is 3.57. The lowest BCUT2D eigenvalue weighted by Crippen LogP contribution is -2.28. The highest BCUT2D eigenvalue weighted by molar-refractivity contribution is 9.10. The van der Waals surface area contributed by atoms with E-state index >= 15 is 0 Å². The van der Waals surface area contributed by atoms with E-state index in [1.165, 1.54) is 12.1 Å². The Kier molecular flexibility index (Phi) is 8.21. The number of halogens is 1. The Morgan fingerprint density at radius 3 is 2.27 bits per heavy atom. The molecule has 0 bridgehead atoms. The lowest BCUT2D eigenvalue weighted by molar-refractivity contribution is -0.124. The summed E-state index contributed by atoms with van der Waals surface area (Å²) in [6.07, 6.45) is -2.00. The van der Waals surface area contributed by atoms with Crippen molar-refractivity contribution in [3.63, 3.8) is 0 Å². The predicted molar refractivity (Wildman–Crippen MR) is 129 cm³/mol. The van der Waals surface area contributed by atoms with Crippen molar-refractivity contribution in [3.8, 4) is 0 Å². The summed E-state index contributed by atoms with van der Waals surface area (Å²) in [4.78, 5) is 37.4. The van der Waals surface area contributed by atoms with Gasteiger partial charge in [0.15, 0.2) is 0 Å². The van der Waals surface area contributed by atoms with Crippen LogP contribution in [0.15, 0.2) is 77.3 Å². The number of aryl methyl sites for hydroxylation is 1. The van der Waals surface area contributed by atoms with Crippen LogP contribution in [0.5, 0.6) is 0 Å². The number of carbonyl (C=O) groups excluding carboxylic acids is 3. The summed E-state index contributed by atoms with van der Waals surface area (Å²) >= 11 is 3.43. The molecule has 0 saturated carbocycles. The molecular weight excluding hydrogens is 488 g/mol. The van der Waals surface area contributed by atoms with E-state index in [2.05, 4.69) is 26.6 Å². The molecule has 33 heavy (non-hydrogen) atoms. The van der Waals surface area contributed by atoms with Gasteiger partial charge in [-0.05, 0) is 71.7 Å². The number of hydrogen-bond acceptors (Lipinski definition) is 5. The van der Waals surface area contributed by atoms with Gasteiger partial charge in [-0.2, -0.15) is 0 Å². The van der Waals surface area contributed by atoms with Gasteiger partial charge in [0.25, 0.3) is 5.91 Å². The SMILES string of the molecule is CCOC(=O)c1ccc(NC(=O)OC(C(=O)Nc2ccc(C)cc2Br)c2ccccc2)cc1. The van der Waals surface area contributed by atoms with Crippen molar-refractivity contribution in [3.05, 3.63) is 94.0 Å². The average Bonchev–Trinajstić information content (AvgIpc) is 2.80. The zero-order valence-corrected chi connectivity index (χ0v) is 19.7. The van der Waals surface area contributed by atoms with Crippen LogP contribution in [-0.4, -0.2) is 24.6 Å². The van der Waals surface area contributed by atoms with Gasteiger partial charge in [-0.25, -0.2) is 9.59 Å². The van der Waals surface area contributed by atoms with Crippen LogP contribution >= 0.6 is 15.9 Å². The summed E-state index contributed by atoms with van der Waals surface area (Å²) in [5.74, 6) is -0.951. The van der Waals surface area contributed by atoms with Gasteiger partial charge in [0, 0.05) is 15.7 Å². The van der Waals surface area contributed by atoms with E-state index in [0.29, 0.717) is 27.0 Å². The lowest BCUT2D eigenvalue weighted by atomic mass is 10.1. The first kappa shape index (κ1) is 24.0. The van der Waals surface area contributed by atoms with E-state index in [-0.39, 0.29) is 6.61 Å². The van der Waals surface area contributed by atoms with E-state index in [1.807, 2.05) is 19.1 Å². The Bertz CT molecular complexity index is 1130. The van der Waals surface area contributed by atoms with Crippen LogP contribution in [0.25, 0.3) is 0 Å². The standard InChI is InChI=1S/C25H23BrN2O5/c1-3-32-24(30)18-10-12-19(13-11-18)27-25(31)33-22(17-7-5-4-6-8-17)23(29)28-21-14-9-16(2)15-20(21)26/h4-15,22H,3H2,1-2H3,(H,27,31)(H,28,29). The van der Waals surface area contributed by atoms with Gasteiger partial charge in [-0.15, -0.1) is 0 Å². The molecule has 0 saturated heterocycles. The number of esters is 1. The predicted octanol–water partition coefficient (Wildman–Crippen LogP) is 5.86. The quantitative estimate of drug-likeness (QED) is 0.388. The number of anilines is 2. The van der Waals surface area contributed by atoms with Crippen LogP contribution in [-0.2, 0) is 14.3 Å². The summed E-state index contributed by atoms with van der Waals surface area (Å²) in [7, 11) is 0. The lowest BCUT2D eigenvalue weighted by Gasteiger charge is -2.19. The molecule has 0 aliphatic heterocycles. The number of benzene rings is 3. The van der Waals surface area contributed by atoms with Crippen LogP contribution in [0.3, 0.4) is 0 Å². The van der Waals surface area contributed by atoms with Gasteiger partial charge in [0.2, 0.25) is 6.10 Å². The van der Waals surface area contributed by atoms with Crippen molar-refractivity contribution in [2.24, 2.45) is 0 Å². The maximum atomic E-state index is 13.0. The van der Waals surface area contributed by atoms with E-state index in [9.17, 15) is 14.4 Å². The maximum absolute atomic E-state index is 13.0. The second-order valence-corrected chi connectivity index (χ2v) is 7.95. The van der Waals surface area contributed by atoms with Crippen molar-refractivity contribution in [1.29, 1.82) is 0 Å². The third-order valence-electron chi connectivity index (χ3n) is 4.59. The molecule has 0 radical (unpaired) electrons. The van der Waals surface area contributed by atoms with Gasteiger partial charge >= 0.3 is 12.1 Å². The van der Waals surface area contributed by atoms with Crippen molar-refractivity contribution < 1.29 is 23.9 Å². The number of nitrogens with one attached hydrogen (secondary N) is 2. The normalized spacial score (nSPS) is 11.2. The highest BCUT2D eigenvalue weighted by Crippen LogP contribution is 2.26. The summed E-state index contributed by atoms with van der Waals surface area (Å²) in [6, 6.07) is 20.4. The number of carbonyl (C=O) groups is 3. The van der Waals surface area contributed by atoms with Crippen molar-refractivity contribution >= 4 is 45.3 Å². The number of rotatable bonds is 7. The molecule has 0 spiro atoms. The zero-order valence-electron chi connectivity index (χ0n) is 18.1. The second kappa shape index (κ2) is 11.3. The molecule has 1 unspecified atom stereocenters. The fourth-order valence-electron chi connectivity index (χ4n) is 2.98. The zero-order chi connectivity index (χ0) is 23.8. The summed E-state index contributed by atoms with van der Waals surface area (Å²) in [5.41, 5.74) is 2.88. The molecule has 0 aromatic heterocycles. The third-order valence-corrected chi connectivity index (χ3v) is 5.25. The van der Waals surface area contributed by atoms with Gasteiger partial charge in [-0.3, -0.25) is 10.1 Å². The Hall–Kier alpha value is -3.65. The minimum Gasteiger partial charge on any atom is -0.462 e. The van der Waals surface area contributed by atoms with Crippen molar-refractivity contribution in [2.75, 3.05) is 17.2 Å². The highest BCUT2D eigenvalue weighted by atomic mass is 79.9. The molecule has 3 rings (SSSR count). The van der Waals surface area contributed by atoms with E-state index in [0.717, 1.165) is 5.56 Å². The Morgan fingerprint density at radius 1 is 0.939 bits per heavy atom. The molecule has 2 N–H and O–H groups in total. The minimum absolute atomic E-state index is 0.271. The summed E-state index contributed by atoms with van der Waals surface area (Å²) < 4.78 is 11.1. The molecule has 7 nitrogen and oxygen atoms in total. The number of amides is 2. The Balaban J connectivity index is 1.73. The van der Waals surface area contributed by atoms with Crippen LogP contribution < -0.4 is 10.6 Å². The first-order chi connectivity index (χ1) is 15.9. The van der Waals surface area contributed by atoms with Gasteiger partial charge in [-0.1, -0.05) is 36.4 Å². The second-order valence-electron chi connectivity index (χ2n) is 7.09. The van der Waals surface area contributed by atoms with Gasteiger partial charge in [0.1, 0.15) is 0 Å². The molecule has 3 aromatic rings. The molecule has 8 heteroatoms. The van der Waals surface area contributed by atoms with E-state index in [4.69, 9.17) is 9.47 Å². The Morgan fingerprint density at radius 2 is 1.64 bits per heavy atom. The van der Waals surface area contributed by atoms with Crippen LogP contribution in [0.4, 0.5) is 16.2 Å². The number of hydrogen-bond donors (Lipinski definition) is 2. The minimum atomic E-state index is -1.18. The molecule has 1 atom stereocenters. The van der Waals surface area contributed by atoms with Gasteiger partial charge in [0.05, 0.1) is 17.9 Å². The average molecular weight is 511 g/mol. The van der Waals surface area contributed by atoms with E-state index < -0.39 is 24.1 Å². The molecule has 0 heterocycles. The van der Waals surface area contributed by atoms with Crippen molar-refractivity contribution in [2.45, 2.75) is 20.0 Å². The first-order valence-electron chi connectivity index (χ1n) is 10.2. The van der Waals surface area contributed by atoms with Gasteiger partial charge < -0.3 is 14.8 Å². The topological polar surface area (TPSA) is 93.7 Å². The highest BCUT2D eigenvalue weighted by Gasteiger charge is 2.26. The summed E-state index contributed by atoms with van der Waals surface area (Å²) in [5, 5.41) is 5.37. The molecule has 3 aromatic carbocycles. The molecular formula is C25H23BrN2O5. The molecule has 170 valence electrons. The fraction of sp³-hybridized carbons (Fsp3) is 0.160. The monoisotopic (exact) mass is 510 g/mol. The van der Waals surface area contributed by atoms with E-state index in [1.54, 1.807) is 55.5 Å². The molecule has 0 aliphatic rings. The van der Waals surface area contributed by atoms with Crippen molar-refractivity contribution in [1.82, 2.24) is 0 Å². The Labute approximate surface area is 200 Å². The largest absolute Gasteiger partial charge is 0.462 e. The summed E-state index contributed by atoms with van der Waals surface area (Å²) in [6.45, 7) is 3.93. The smallest absolute Gasteiger partial charge is 0.412 e. The molecule has 0 aliphatic carbocycles. The molecule has 2 amide bonds. The molecule has 0 fully saturated rings. The third kappa shape index (κ3) is 6.66. The number of ether oxygens (including phenoxy) is 2. The maximum Gasteiger partial charge on any atom is 0.412 e. The first-order valence-corrected chi connectivity index (χ1v) is 11.0. The van der Waals surface area contributed by atoms with Crippen LogP contribution in [0.2, 0.25) is 0 Å². The van der Waals surface area contributed by atoms with Crippen LogP contribution in [0, 0.1) is 6.92 Å².